The average molecular weight is 495 g/mol. The standard InChI is InChI=1S/C30H30N4O3/c1-36-24-13-15-27(37-2)25(21-24)26-14-16-28(32-31-26)33-17-19-34(20-18-33)30(35)29(22-9-5-3-6-10-22)23-11-7-4-8-12-23/h3-16,21,29H,17-20H2,1-2H3. The number of nitrogens with zero attached hydrogens (tertiary/aromatic N) is 4. The van der Waals surface area contributed by atoms with E-state index in [-0.39, 0.29) is 11.8 Å². The van der Waals surface area contributed by atoms with Crippen molar-refractivity contribution in [1.82, 2.24) is 15.1 Å². The summed E-state index contributed by atoms with van der Waals surface area (Å²) in [5, 5.41) is 8.95. The van der Waals surface area contributed by atoms with Crippen molar-refractivity contribution in [3.05, 3.63) is 102 Å². The Hall–Kier alpha value is -4.39. The van der Waals surface area contributed by atoms with E-state index in [1.165, 1.54) is 0 Å². The lowest BCUT2D eigenvalue weighted by Gasteiger charge is -2.37. The van der Waals surface area contributed by atoms with Crippen LogP contribution in [-0.2, 0) is 4.79 Å². The highest BCUT2D eigenvalue weighted by atomic mass is 16.5. The van der Waals surface area contributed by atoms with Crippen LogP contribution in [0.4, 0.5) is 5.82 Å². The first-order valence-corrected chi connectivity index (χ1v) is 12.4. The lowest BCUT2D eigenvalue weighted by molar-refractivity contribution is -0.132. The number of carbonyl (C=O) groups is 1. The molecule has 1 aromatic heterocycles. The van der Waals surface area contributed by atoms with Crippen LogP contribution in [0.5, 0.6) is 11.5 Å². The maximum atomic E-state index is 13.7. The largest absolute Gasteiger partial charge is 0.497 e. The van der Waals surface area contributed by atoms with Gasteiger partial charge in [0.15, 0.2) is 5.82 Å². The van der Waals surface area contributed by atoms with E-state index in [9.17, 15) is 4.79 Å². The number of methoxy groups -OCH3 is 2. The van der Waals surface area contributed by atoms with Crippen LogP contribution in [0.25, 0.3) is 11.3 Å². The van der Waals surface area contributed by atoms with Gasteiger partial charge in [0.1, 0.15) is 11.5 Å². The van der Waals surface area contributed by atoms with Crippen molar-refractivity contribution in [2.24, 2.45) is 0 Å². The van der Waals surface area contributed by atoms with Crippen LogP contribution < -0.4 is 14.4 Å². The first kappa shape index (κ1) is 24.3. The number of hydrogen-bond donors (Lipinski definition) is 0. The average Bonchev–Trinajstić information content (AvgIpc) is 2.98. The van der Waals surface area contributed by atoms with E-state index in [1.807, 2.05) is 95.9 Å². The monoisotopic (exact) mass is 494 g/mol. The summed E-state index contributed by atoms with van der Waals surface area (Å²) < 4.78 is 10.8. The van der Waals surface area contributed by atoms with Gasteiger partial charge in [-0.25, -0.2) is 0 Å². The molecular formula is C30H30N4O3. The van der Waals surface area contributed by atoms with Crippen molar-refractivity contribution in [2.45, 2.75) is 5.92 Å². The van der Waals surface area contributed by atoms with Crippen LogP contribution in [0.3, 0.4) is 0 Å². The molecule has 5 rings (SSSR count). The maximum absolute atomic E-state index is 13.7. The molecule has 1 amide bonds. The SMILES string of the molecule is COc1ccc(OC)c(-c2ccc(N3CCN(C(=O)C(c4ccccc4)c4ccccc4)CC3)nn2)c1. The Morgan fingerprint density at radius 2 is 1.41 bits per heavy atom. The number of anilines is 1. The molecule has 1 fully saturated rings. The summed E-state index contributed by atoms with van der Waals surface area (Å²) in [5.74, 6) is 2.04. The van der Waals surface area contributed by atoms with Gasteiger partial charge < -0.3 is 19.3 Å². The zero-order valence-electron chi connectivity index (χ0n) is 21.1. The molecule has 1 saturated heterocycles. The number of carbonyl (C=O) groups excluding carboxylic acids is 1. The van der Waals surface area contributed by atoms with E-state index in [0.717, 1.165) is 28.3 Å². The predicted molar refractivity (Wildman–Crippen MR) is 144 cm³/mol. The smallest absolute Gasteiger partial charge is 0.234 e. The van der Waals surface area contributed by atoms with Gasteiger partial charge >= 0.3 is 0 Å². The third-order valence-electron chi connectivity index (χ3n) is 6.76. The molecule has 1 aliphatic rings. The number of rotatable bonds is 7. The molecule has 1 aliphatic heterocycles. The number of benzene rings is 3. The molecule has 0 unspecified atom stereocenters. The molecule has 0 bridgehead atoms. The van der Waals surface area contributed by atoms with Crippen LogP contribution >= 0.6 is 0 Å². The van der Waals surface area contributed by atoms with E-state index in [2.05, 4.69) is 15.1 Å². The van der Waals surface area contributed by atoms with E-state index in [1.54, 1.807) is 14.2 Å². The second-order valence-electron chi connectivity index (χ2n) is 8.91. The molecule has 3 aromatic carbocycles. The van der Waals surface area contributed by atoms with Crippen LogP contribution in [0.2, 0.25) is 0 Å². The molecule has 188 valence electrons. The van der Waals surface area contributed by atoms with Crippen LogP contribution in [-0.4, -0.2) is 61.4 Å². The summed E-state index contributed by atoms with van der Waals surface area (Å²) in [5.41, 5.74) is 3.55. The van der Waals surface area contributed by atoms with Crippen molar-refractivity contribution in [1.29, 1.82) is 0 Å². The summed E-state index contributed by atoms with van der Waals surface area (Å²) in [6.07, 6.45) is 0. The van der Waals surface area contributed by atoms with Gasteiger partial charge in [-0.1, -0.05) is 60.7 Å². The molecule has 7 heteroatoms. The number of aromatic nitrogens is 2. The quantitative estimate of drug-likeness (QED) is 0.373. The Balaban J connectivity index is 1.29. The Kier molecular flexibility index (Phi) is 7.31. The zero-order chi connectivity index (χ0) is 25.6. The fourth-order valence-corrected chi connectivity index (χ4v) is 4.76. The van der Waals surface area contributed by atoms with Gasteiger partial charge in [0.2, 0.25) is 5.91 Å². The fraction of sp³-hybridized carbons (Fsp3) is 0.233. The number of ether oxygens (including phenoxy) is 2. The first-order valence-electron chi connectivity index (χ1n) is 12.4. The van der Waals surface area contributed by atoms with Gasteiger partial charge in [0, 0.05) is 31.7 Å². The van der Waals surface area contributed by atoms with Crippen molar-refractivity contribution in [3.63, 3.8) is 0 Å². The van der Waals surface area contributed by atoms with Gasteiger partial charge in [-0.05, 0) is 41.5 Å². The van der Waals surface area contributed by atoms with Crippen LogP contribution in [0.1, 0.15) is 17.0 Å². The molecule has 0 aliphatic carbocycles. The highest BCUT2D eigenvalue weighted by Crippen LogP contribution is 2.33. The molecule has 0 radical (unpaired) electrons. The second-order valence-corrected chi connectivity index (χ2v) is 8.91. The third kappa shape index (κ3) is 5.26. The van der Waals surface area contributed by atoms with E-state index < -0.39 is 0 Å². The van der Waals surface area contributed by atoms with Gasteiger partial charge in [-0.15, -0.1) is 10.2 Å². The topological polar surface area (TPSA) is 67.8 Å². The minimum Gasteiger partial charge on any atom is -0.497 e. The maximum Gasteiger partial charge on any atom is 0.234 e. The van der Waals surface area contributed by atoms with Gasteiger partial charge in [-0.2, -0.15) is 0 Å². The molecule has 0 saturated carbocycles. The Labute approximate surface area is 217 Å². The molecule has 4 aromatic rings. The molecular weight excluding hydrogens is 464 g/mol. The summed E-state index contributed by atoms with van der Waals surface area (Å²) >= 11 is 0. The van der Waals surface area contributed by atoms with Crippen molar-refractivity contribution in [3.8, 4) is 22.8 Å². The highest BCUT2D eigenvalue weighted by molar-refractivity contribution is 5.87. The molecule has 2 heterocycles. The van der Waals surface area contributed by atoms with Gasteiger partial charge in [0.25, 0.3) is 0 Å². The minimum atomic E-state index is -0.314. The highest BCUT2D eigenvalue weighted by Gasteiger charge is 2.30. The third-order valence-corrected chi connectivity index (χ3v) is 6.76. The minimum absolute atomic E-state index is 0.128. The van der Waals surface area contributed by atoms with Crippen molar-refractivity contribution in [2.75, 3.05) is 45.3 Å². The van der Waals surface area contributed by atoms with Crippen LogP contribution in [0.15, 0.2) is 91.0 Å². The molecule has 0 N–H and O–H groups in total. The van der Waals surface area contributed by atoms with Gasteiger partial charge in [0.05, 0.1) is 25.8 Å². The predicted octanol–water partition coefficient (Wildman–Crippen LogP) is 4.64. The number of hydrogen-bond acceptors (Lipinski definition) is 6. The molecule has 7 nitrogen and oxygen atoms in total. The Morgan fingerprint density at radius 1 is 0.757 bits per heavy atom. The van der Waals surface area contributed by atoms with E-state index in [4.69, 9.17) is 9.47 Å². The summed E-state index contributed by atoms with van der Waals surface area (Å²) in [4.78, 5) is 17.8. The van der Waals surface area contributed by atoms with Crippen molar-refractivity contribution < 1.29 is 14.3 Å². The molecule has 37 heavy (non-hydrogen) atoms. The fourth-order valence-electron chi connectivity index (χ4n) is 4.76. The van der Waals surface area contributed by atoms with Crippen LogP contribution in [0, 0.1) is 0 Å². The second kappa shape index (κ2) is 11.1. The van der Waals surface area contributed by atoms with E-state index >= 15 is 0 Å². The summed E-state index contributed by atoms with van der Waals surface area (Å²) in [6, 6.07) is 29.5. The van der Waals surface area contributed by atoms with Gasteiger partial charge in [-0.3, -0.25) is 4.79 Å². The van der Waals surface area contributed by atoms with Crippen molar-refractivity contribution >= 4 is 11.7 Å². The number of piperazine rings is 1. The zero-order valence-corrected chi connectivity index (χ0v) is 21.1. The summed E-state index contributed by atoms with van der Waals surface area (Å²) in [6.45, 7) is 2.64. The summed E-state index contributed by atoms with van der Waals surface area (Å²) in [7, 11) is 3.26. The first-order chi connectivity index (χ1) is 18.2. The van der Waals surface area contributed by atoms with E-state index in [0.29, 0.717) is 37.6 Å². The lowest BCUT2D eigenvalue weighted by atomic mass is 9.90. The molecule has 0 spiro atoms. The Bertz CT molecular complexity index is 1280. The molecule has 0 atom stereocenters. The normalized spacial score (nSPS) is 13.5. The Morgan fingerprint density at radius 3 is 1.95 bits per heavy atom. The number of amides is 1. The lowest BCUT2D eigenvalue weighted by Crippen LogP contribution is -2.50.